The molecule has 1 aliphatic heterocycles. The second kappa shape index (κ2) is 7.74. The van der Waals surface area contributed by atoms with Crippen molar-refractivity contribution in [3.05, 3.63) is 40.5 Å². The largest absolute Gasteiger partial charge is 0.495 e. The summed E-state index contributed by atoms with van der Waals surface area (Å²) in [6, 6.07) is 7.11. The molecule has 1 amide bonds. The van der Waals surface area contributed by atoms with Crippen molar-refractivity contribution in [1.29, 1.82) is 0 Å². The van der Waals surface area contributed by atoms with E-state index < -0.39 is 0 Å². The maximum absolute atomic E-state index is 12.5. The van der Waals surface area contributed by atoms with Crippen LogP contribution in [0.2, 0.25) is 0 Å². The normalized spacial score (nSPS) is 13.6. The number of nitrogens with zero attached hydrogens (tertiary/aromatic N) is 2. The first-order valence-electron chi connectivity index (χ1n) is 8.06. The van der Waals surface area contributed by atoms with Gasteiger partial charge in [0.2, 0.25) is 0 Å². The van der Waals surface area contributed by atoms with Crippen LogP contribution in [0.3, 0.4) is 0 Å². The van der Waals surface area contributed by atoms with Crippen LogP contribution in [0, 0.1) is 0 Å². The molecule has 0 unspecified atom stereocenters. The molecule has 0 aliphatic carbocycles. The molecule has 25 heavy (non-hydrogen) atoms. The number of pyridine rings is 1. The molecule has 0 atom stereocenters. The lowest BCUT2D eigenvalue weighted by Gasteiger charge is -2.17. The van der Waals surface area contributed by atoms with E-state index in [-0.39, 0.29) is 5.91 Å². The smallest absolute Gasteiger partial charge is 0.257 e. The Kier molecular flexibility index (Phi) is 5.43. The van der Waals surface area contributed by atoms with Gasteiger partial charge in [-0.25, -0.2) is 4.98 Å². The van der Waals surface area contributed by atoms with E-state index in [1.54, 1.807) is 32.5 Å². The highest BCUT2D eigenvalue weighted by atomic mass is 79.9. The van der Waals surface area contributed by atoms with Crippen molar-refractivity contribution in [2.24, 2.45) is 0 Å². The lowest BCUT2D eigenvalue weighted by atomic mass is 10.2. The number of hydrogen-bond acceptors (Lipinski definition) is 5. The highest BCUT2D eigenvalue weighted by molar-refractivity contribution is 9.10. The van der Waals surface area contributed by atoms with Gasteiger partial charge in [0, 0.05) is 18.7 Å². The van der Waals surface area contributed by atoms with Gasteiger partial charge in [0.1, 0.15) is 21.8 Å². The van der Waals surface area contributed by atoms with Gasteiger partial charge in [-0.05, 0) is 53.0 Å². The molecule has 1 aromatic heterocycles. The predicted octanol–water partition coefficient (Wildman–Crippen LogP) is 3.71. The molecule has 7 heteroatoms. The summed E-state index contributed by atoms with van der Waals surface area (Å²) in [6.07, 6.45) is 4.22. The molecule has 3 rings (SSSR count). The zero-order chi connectivity index (χ0) is 17.8. The number of amides is 1. The minimum atomic E-state index is -0.273. The Labute approximate surface area is 155 Å². The number of methoxy groups -OCH3 is 2. The molecule has 132 valence electrons. The Balaban J connectivity index is 1.75. The zero-order valence-electron chi connectivity index (χ0n) is 14.2. The summed E-state index contributed by atoms with van der Waals surface area (Å²) in [5, 5.41) is 2.80. The third-order valence-electron chi connectivity index (χ3n) is 4.17. The second-order valence-electron chi connectivity index (χ2n) is 5.74. The van der Waals surface area contributed by atoms with E-state index in [1.165, 1.54) is 12.8 Å². The Hall–Kier alpha value is -2.28. The highest BCUT2D eigenvalue weighted by Gasteiger charge is 2.16. The summed E-state index contributed by atoms with van der Waals surface area (Å²) < 4.78 is 11.2. The van der Waals surface area contributed by atoms with Gasteiger partial charge in [-0.15, -0.1) is 0 Å². The number of anilines is 2. The van der Waals surface area contributed by atoms with Crippen LogP contribution in [0.5, 0.6) is 11.5 Å². The molecular weight excluding hydrogens is 386 g/mol. The maximum atomic E-state index is 12.5. The third kappa shape index (κ3) is 3.87. The minimum Gasteiger partial charge on any atom is -0.495 e. The number of hydrogen-bond donors (Lipinski definition) is 1. The number of ether oxygens (including phenoxy) is 2. The van der Waals surface area contributed by atoms with Crippen LogP contribution in [0.15, 0.2) is 34.9 Å². The van der Waals surface area contributed by atoms with Crippen LogP contribution in [0.1, 0.15) is 23.2 Å². The van der Waals surface area contributed by atoms with Gasteiger partial charge in [-0.1, -0.05) is 0 Å². The third-order valence-corrected chi connectivity index (χ3v) is 4.95. The first-order valence-corrected chi connectivity index (χ1v) is 8.85. The minimum absolute atomic E-state index is 0.273. The SMILES string of the molecule is COc1cc(C(=O)Nc2ccc(N3CCCC3)cn2)cc(OC)c1Br. The molecule has 0 radical (unpaired) electrons. The molecule has 2 aromatic rings. The van der Waals surface area contributed by atoms with Crippen molar-refractivity contribution < 1.29 is 14.3 Å². The number of nitrogens with one attached hydrogen (secondary N) is 1. The number of aromatic nitrogens is 1. The lowest BCUT2D eigenvalue weighted by Crippen LogP contribution is -2.18. The number of carbonyl (C=O) groups is 1. The van der Waals surface area contributed by atoms with Gasteiger partial charge in [-0.3, -0.25) is 4.79 Å². The van der Waals surface area contributed by atoms with Gasteiger partial charge >= 0.3 is 0 Å². The van der Waals surface area contributed by atoms with Crippen LogP contribution in [0.4, 0.5) is 11.5 Å². The van der Waals surface area contributed by atoms with E-state index in [2.05, 4.69) is 31.1 Å². The fraction of sp³-hybridized carbons (Fsp3) is 0.333. The zero-order valence-corrected chi connectivity index (χ0v) is 15.8. The second-order valence-corrected chi connectivity index (χ2v) is 6.54. The van der Waals surface area contributed by atoms with Crippen LogP contribution in [0.25, 0.3) is 0 Å². The standard InChI is InChI=1S/C18H20BrN3O3/c1-24-14-9-12(10-15(25-2)17(14)19)18(23)21-16-6-5-13(11-20-16)22-7-3-4-8-22/h5-6,9-11H,3-4,7-8H2,1-2H3,(H,20,21,23). The monoisotopic (exact) mass is 405 g/mol. The van der Waals surface area contributed by atoms with Crippen molar-refractivity contribution in [2.45, 2.75) is 12.8 Å². The van der Waals surface area contributed by atoms with Crippen molar-refractivity contribution in [3.8, 4) is 11.5 Å². The van der Waals surface area contributed by atoms with Crippen molar-refractivity contribution in [1.82, 2.24) is 4.98 Å². The lowest BCUT2D eigenvalue weighted by molar-refractivity contribution is 0.102. The van der Waals surface area contributed by atoms with Gasteiger partial charge < -0.3 is 19.7 Å². The molecule has 6 nitrogen and oxygen atoms in total. The Morgan fingerprint density at radius 1 is 1.16 bits per heavy atom. The van der Waals surface area contributed by atoms with E-state index in [4.69, 9.17) is 9.47 Å². The van der Waals surface area contributed by atoms with Gasteiger partial charge in [0.05, 0.1) is 26.1 Å². The van der Waals surface area contributed by atoms with E-state index in [1.807, 2.05) is 12.1 Å². The maximum Gasteiger partial charge on any atom is 0.257 e. The Morgan fingerprint density at radius 2 is 1.80 bits per heavy atom. The molecule has 2 heterocycles. The van der Waals surface area contributed by atoms with E-state index in [9.17, 15) is 4.79 Å². The number of rotatable bonds is 5. The van der Waals surface area contributed by atoms with Crippen LogP contribution in [-0.4, -0.2) is 38.2 Å². The molecule has 1 fully saturated rings. The van der Waals surface area contributed by atoms with Gasteiger partial charge in [0.15, 0.2) is 0 Å². The van der Waals surface area contributed by atoms with E-state index in [0.29, 0.717) is 27.4 Å². The van der Waals surface area contributed by atoms with Crippen molar-refractivity contribution in [3.63, 3.8) is 0 Å². The molecule has 0 saturated carbocycles. The molecule has 0 bridgehead atoms. The Morgan fingerprint density at radius 3 is 2.32 bits per heavy atom. The fourth-order valence-electron chi connectivity index (χ4n) is 2.81. The average Bonchev–Trinajstić information content (AvgIpc) is 3.17. The fourth-order valence-corrected chi connectivity index (χ4v) is 3.36. The van der Waals surface area contributed by atoms with E-state index >= 15 is 0 Å². The number of halogens is 1. The number of carbonyl (C=O) groups excluding carboxylic acids is 1. The Bertz CT molecular complexity index is 734. The van der Waals surface area contributed by atoms with Gasteiger partial charge in [-0.2, -0.15) is 0 Å². The summed E-state index contributed by atoms with van der Waals surface area (Å²) in [5.74, 6) is 1.29. The van der Waals surface area contributed by atoms with Crippen LogP contribution in [-0.2, 0) is 0 Å². The van der Waals surface area contributed by atoms with Crippen LogP contribution < -0.4 is 19.7 Å². The average molecular weight is 406 g/mol. The summed E-state index contributed by atoms with van der Waals surface area (Å²) in [7, 11) is 3.08. The first-order chi connectivity index (χ1) is 12.1. The molecule has 1 aliphatic rings. The molecule has 0 spiro atoms. The summed E-state index contributed by atoms with van der Waals surface area (Å²) in [6.45, 7) is 2.12. The van der Waals surface area contributed by atoms with Crippen molar-refractivity contribution in [2.75, 3.05) is 37.5 Å². The number of benzene rings is 1. The summed E-state index contributed by atoms with van der Waals surface area (Å²) >= 11 is 3.39. The quantitative estimate of drug-likeness (QED) is 0.820. The summed E-state index contributed by atoms with van der Waals surface area (Å²) in [5.41, 5.74) is 1.52. The first kappa shape index (κ1) is 17.5. The van der Waals surface area contributed by atoms with Crippen LogP contribution >= 0.6 is 15.9 Å². The summed E-state index contributed by atoms with van der Waals surface area (Å²) in [4.78, 5) is 19.2. The van der Waals surface area contributed by atoms with Gasteiger partial charge in [0.25, 0.3) is 5.91 Å². The topological polar surface area (TPSA) is 63.7 Å². The van der Waals surface area contributed by atoms with E-state index in [0.717, 1.165) is 18.8 Å². The predicted molar refractivity (Wildman–Crippen MR) is 101 cm³/mol. The molecule has 1 saturated heterocycles. The molecular formula is C18H20BrN3O3. The van der Waals surface area contributed by atoms with Crippen molar-refractivity contribution >= 4 is 33.3 Å². The highest BCUT2D eigenvalue weighted by Crippen LogP contribution is 2.35. The molecule has 1 aromatic carbocycles. The molecule has 1 N–H and O–H groups in total.